The van der Waals surface area contributed by atoms with Crippen LogP contribution in [-0.4, -0.2) is 24.7 Å². The van der Waals surface area contributed by atoms with Crippen molar-refractivity contribution in [3.8, 4) is 0 Å². The van der Waals surface area contributed by atoms with Gasteiger partial charge in [-0.15, -0.1) is 0 Å². The average Bonchev–Trinajstić information content (AvgIpc) is 3.43. The second kappa shape index (κ2) is 9.16. The van der Waals surface area contributed by atoms with Crippen molar-refractivity contribution in [3.05, 3.63) is 109 Å². The Morgan fingerprint density at radius 2 is 1.86 bits per heavy atom. The van der Waals surface area contributed by atoms with Gasteiger partial charge in [0.05, 0.1) is 11.6 Å². The molecule has 0 bridgehead atoms. The third-order valence-corrected chi connectivity index (χ3v) is 7.37. The second-order valence-corrected chi connectivity index (χ2v) is 9.88. The monoisotopic (exact) mass is 511 g/mol. The number of fused-ring (bicyclic) bond motifs is 3. The molecule has 0 atom stereocenters. The third kappa shape index (κ3) is 4.09. The van der Waals surface area contributed by atoms with Gasteiger partial charge in [0.2, 0.25) is 0 Å². The van der Waals surface area contributed by atoms with Gasteiger partial charge in [0.15, 0.2) is 11.5 Å². The zero-order valence-electron chi connectivity index (χ0n) is 20.9. The third-order valence-electron chi connectivity index (χ3n) is 7.08. The highest BCUT2D eigenvalue weighted by molar-refractivity contribution is 6.34. The minimum Gasteiger partial charge on any atom is -0.308 e. The molecule has 6 rings (SSSR count). The molecule has 2 aromatic carbocycles. The standard InChI is InChI=1S/C29H26ClN5O2/c1-4-24-32-26-23(30)13-16(2)31-28(26)35(24)15-18-9-12-22-20(14-18)11-10-19-7-5-6-8-21(19)25(22)17(3)27-33-29(36)37-34-27/h5-9,12-14H,4,10-11,15H2,1-3H3,(H,33,34,36). The number of aromatic nitrogens is 5. The maximum atomic E-state index is 11.7. The lowest BCUT2D eigenvalue weighted by atomic mass is 9.89. The maximum Gasteiger partial charge on any atom is 0.439 e. The van der Waals surface area contributed by atoms with Gasteiger partial charge in [-0.3, -0.25) is 9.51 Å². The van der Waals surface area contributed by atoms with Crippen LogP contribution in [0.2, 0.25) is 5.02 Å². The number of halogens is 1. The van der Waals surface area contributed by atoms with E-state index in [0.717, 1.165) is 64.2 Å². The fourth-order valence-electron chi connectivity index (χ4n) is 5.34. The molecule has 0 saturated heterocycles. The summed E-state index contributed by atoms with van der Waals surface area (Å²) in [5, 5.41) is 4.60. The number of benzene rings is 2. The predicted octanol–water partition coefficient (Wildman–Crippen LogP) is 5.76. The van der Waals surface area contributed by atoms with Crippen molar-refractivity contribution in [1.29, 1.82) is 0 Å². The van der Waals surface area contributed by atoms with E-state index >= 15 is 0 Å². The van der Waals surface area contributed by atoms with E-state index in [1.807, 2.05) is 26.0 Å². The summed E-state index contributed by atoms with van der Waals surface area (Å²) < 4.78 is 6.99. The number of hydrogen-bond donors (Lipinski definition) is 1. The number of nitrogens with zero attached hydrogens (tertiary/aromatic N) is 4. The molecule has 0 unspecified atom stereocenters. The summed E-state index contributed by atoms with van der Waals surface area (Å²) in [7, 11) is 0. The van der Waals surface area contributed by atoms with Gasteiger partial charge in [-0.25, -0.2) is 14.8 Å². The highest BCUT2D eigenvalue weighted by Crippen LogP contribution is 2.38. The molecule has 7 nitrogen and oxygen atoms in total. The summed E-state index contributed by atoms with van der Waals surface area (Å²) in [6, 6.07) is 16.9. The van der Waals surface area contributed by atoms with Gasteiger partial charge in [0, 0.05) is 17.7 Å². The molecule has 1 aliphatic carbocycles. The zero-order chi connectivity index (χ0) is 25.7. The Morgan fingerprint density at radius 1 is 1.08 bits per heavy atom. The van der Waals surface area contributed by atoms with E-state index in [1.54, 1.807) is 0 Å². The molecule has 0 radical (unpaired) electrons. The van der Waals surface area contributed by atoms with E-state index in [2.05, 4.69) is 58.0 Å². The predicted molar refractivity (Wildman–Crippen MR) is 145 cm³/mol. The van der Waals surface area contributed by atoms with Gasteiger partial charge in [0.25, 0.3) is 0 Å². The molecule has 0 saturated carbocycles. The van der Waals surface area contributed by atoms with Gasteiger partial charge in [-0.1, -0.05) is 66.1 Å². The van der Waals surface area contributed by atoms with Gasteiger partial charge < -0.3 is 4.57 Å². The van der Waals surface area contributed by atoms with E-state index < -0.39 is 5.76 Å². The average molecular weight is 512 g/mol. The van der Waals surface area contributed by atoms with Crippen LogP contribution in [0.5, 0.6) is 0 Å². The van der Waals surface area contributed by atoms with Gasteiger partial charge in [-0.2, -0.15) is 0 Å². The summed E-state index contributed by atoms with van der Waals surface area (Å²) in [5.41, 5.74) is 10.3. The number of aryl methyl sites for hydroxylation is 4. The highest BCUT2D eigenvalue weighted by atomic mass is 35.5. The first kappa shape index (κ1) is 23.4. The number of allylic oxidation sites excluding steroid dienone is 1. The molecule has 5 aromatic rings. The highest BCUT2D eigenvalue weighted by Gasteiger charge is 2.23. The quantitative estimate of drug-likeness (QED) is 0.331. The van der Waals surface area contributed by atoms with Crippen LogP contribution in [-0.2, 0) is 25.8 Å². The minimum atomic E-state index is -0.560. The van der Waals surface area contributed by atoms with E-state index in [-0.39, 0.29) is 0 Å². The van der Waals surface area contributed by atoms with Crippen LogP contribution >= 0.6 is 11.6 Å². The van der Waals surface area contributed by atoms with Crippen LogP contribution in [0, 0.1) is 6.92 Å². The van der Waals surface area contributed by atoms with E-state index in [4.69, 9.17) is 26.1 Å². The van der Waals surface area contributed by atoms with Crippen molar-refractivity contribution < 1.29 is 4.52 Å². The van der Waals surface area contributed by atoms with Crippen molar-refractivity contribution in [2.75, 3.05) is 0 Å². The largest absolute Gasteiger partial charge is 0.439 e. The number of rotatable bonds is 4. The smallest absolute Gasteiger partial charge is 0.308 e. The molecule has 1 aliphatic rings. The lowest BCUT2D eigenvalue weighted by molar-refractivity contribution is 0.385. The molecular formula is C29H26ClN5O2. The van der Waals surface area contributed by atoms with Crippen LogP contribution in [0.25, 0.3) is 22.3 Å². The van der Waals surface area contributed by atoms with Gasteiger partial charge >= 0.3 is 5.76 Å². The number of hydrogen-bond acceptors (Lipinski definition) is 5. The first-order valence-electron chi connectivity index (χ1n) is 12.4. The normalized spacial score (nSPS) is 14.4. The number of H-pyrrole nitrogens is 1. The Morgan fingerprint density at radius 3 is 2.65 bits per heavy atom. The number of pyridine rings is 1. The summed E-state index contributed by atoms with van der Waals surface area (Å²) in [4.78, 5) is 24.0. The van der Waals surface area contributed by atoms with Crippen LogP contribution in [0.15, 0.2) is 57.8 Å². The molecule has 1 N–H and O–H groups in total. The molecule has 0 spiro atoms. The second-order valence-electron chi connectivity index (χ2n) is 9.48. The van der Waals surface area contributed by atoms with E-state index in [1.165, 1.54) is 16.7 Å². The summed E-state index contributed by atoms with van der Waals surface area (Å²) in [5.74, 6) is 0.849. The van der Waals surface area contributed by atoms with Crippen molar-refractivity contribution in [1.82, 2.24) is 24.7 Å². The van der Waals surface area contributed by atoms with Crippen molar-refractivity contribution >= 4 is 33.9 Å². The topological polar surface area (TPSA) is 89.6 Å². The fourth-order valence-corrected chi connectivity index (χ4v) is 5.62. The lowest BCUT2D eigenvalue weighted by Gasteiger charge is -2.16. The summed E-state index contributed by atoms with van der Waals surface area (Å²) in [6.45, 7) is 6.68. The molecule has 0 fully saturated rings. The first-order valence-corrected chi connectivity index (χ1v) is 12.8. The summed E-state index contributed by atoms with van der Waals surface area (Å²) in [6.07, 6.45) is 2.61. The zero-order valence-corrected chi connectivity index (χ0v) is 21.7. The van der Waals surface area contributed by atoms with Crippen molar-refractivity contribution in [3.63, 3.8) is 0 Å². The van der Waals surface area contributed by atoms with Crippen molar-refractivity contribution in [2.45, 2.75) is 46.6 Å². The maximum absolute atomic E-state index is 11.7. The molecule has 0 aliphatic heterocycles. The molecule has 8 heteroatoms. The summed E-state index contributed by atoms with van der Waals surface area (Å²) >= 11 is 6.51. The molecule has 3 aromatic heterocycles. The molecule has 0 amide bonds. The van der Waals surface area contributed by atoms with Crippen molar-refractivity contribution in [2.24, 2.45) is 0 Å². The van der Waals surface area contributed by atoms with Gasteiger partial charge in [-0.05, 0) is 66.1 Å². The molecular weight excluding hydrogens is 486 g/mol. The Balaban J connectivity index is 1.49. The number of nitrogens with one attached hydrogen (secondary N) is 1. The van der Waals surface area contributed by atoms with E-state index in [0.29, 0.717) is 17.4 Å². The molecule has 37 heavy (non-hydrogen) atoms. The first-order chi connectivity index (χ1) is 17.9. The Bertz CT molecular complexity index is 1760. The molecule has 3 heterocycles. The number of imidazole rings is 1. The Kier molecular flexibility index (Phi) is 5.80. The van der Waals surface area contributed by atoms with Crippen LogP contribution < -0.4 is 5.76 Å². The minimum absolute atomic E-state index is 0.447. The molecule has 186 valence electrons. The van der Waals surface area contributed by atoms with Gasteiger partial charge in [0.1, 0.15) is 11.3 Å². The van der Waals surface area contributed by atoms with Crippen LogP contribution in [0.1, 0.15) is 59.0 Å². The SMILES string of the molecule is CCc1nc2c(Cl)cc(C)nc2n1Cc1ccc2c(c1)CCc1ccccc1C2=C(C)c1noc(=O)[nH]1. The van der Waals surface area contributed by atoms with E-state index in [9.17, 15) is 4.79 Å². The fraction of sp³-hybridized carbons (Fsp3) is 0.241. The number of aromatic amines is 1. The lowest BCUT2D eigenvalue weighted by Crippen LogP contribution is -2.07. The Labute approximate surface area is 218 Å². The van der Waals surface area contributed by atoms with Crippen LogP contribution in [0.3, 0.4) is 0 Å². The van der Waals surface area contributed by atoms with Crippen LogP contribution in [0.4, 0.5) is 0 Å². The Hall–Kier alpha value is -3.97.